The molecule has 0 amide bonds. The molecule has 0 radical (unpaired) electrons. The van der Waals surface area contributed by atoms with Gasteiger partial charge in [0.15, 0.2) is 5.01 Å². The molecule has 0 aliphatic heterocycles. The van der Waals surface area contributed by atoms with Crippen LogP contribution in [0.2, 0.25) is 0 Å². The molecule has 66 valence electrons. The Kier molecular flexibility index (Phi) is 2.69. The van der Waals surface area contributed by atoms with Gasteiger partial charge in [-0.25, -0.2) is 18.6 Å². The van der Waals surface area contributed by atoms with Crippen LogP contribution in [0, 0.1) is 0 Å². The van der Waals surface area contributed by atoms with Gasteiger partial charge >= 0.3 is 5.97 Å². The zero-order valence-corrected chi connectivity index (χ0v) is 6.90. The van der Waals surface area contributed by atoms with Crippen molar-refractivity contribution >= 4 is 17.3 Å². The van der Waals surface area contributed by atoms with Crippen LogP contribution in [0.15, 0.2) is 6.20 Å². The first-order chi connectivity index (χ1) is 5.65. The Morgan fingerprint density at radius 3 is 2.83 bits per heavy atom. The maximum Gasteiger partial charge on any atom is 0.349 e. The minimum absolute atomic E-state index is 0.0906. The van der Waals surface area contributed by atoms with E-state index < -0.39 is 12.4 Å². The van der Waals surface area contributed by atoms with Crippen LogP contribution in [0.1, 0.15) is 21.1 Å². The summed E-state index contributed by atoms with van der Waals surface area (Å²) in [6.07, 6.45) is -1.55. The van der Waals surface area contributed by atoms with Crippen molar-refractivity contribution in [2.45, 2.75) is 6.43 Å². The third kappa shape index (κ3) is 1.76. The molecule has 0 fully saturated rings. The van der Waals surface area contributed by atoms with Crippen molar-refractivity contribution in [2.24, 2.45) is 0 Å². The van der Waals surface area contributed by atoms with E-state index in [1.165, 1.54) is 7.11 Å². The number of ether oxygens (including phenoxy) is 1. The van der Waals surface area contributed by atoms with Gasteiger partial charge in [-0.05, 0) is 0 Å². The summed E-state index contributed by atoms with van der Waals surface area (Å²) in [5.41, 5.74) is 0. The van der Waals surface area contributed by atoms with Crippen molar-refractivity contribution in [3.63, 3.8) is 0 Å². The summed E-state index contributed by atoms with van der Waals surface area (Å²) in [7, 11) is 1.18. The van der Waals surface area contributed by atoms with Gasteiger partial charge in [0.1, 0.15) is 4.88 Å². The maximum atomic E-state index is 11.9. The normalized spacial score (nSPS) is 10.3. The van der Waals surface area contributed by atoms with Crippen molar-refractivity contribution in [1.29, 1.82) is 0 Å². The van der Waals surface area contributed by atoms with Gasteiger partial charge < -0.3 is 4.74 Å². The molecule has 0 saturated heterocycles. The minimum atomic E-state index is -2.63. The van der Waals surface area contributed by atoms with E-state index in [4.69, 9.17) is 0 Å². The Balaban J connectivity index is 2.84. The molecule has 3 nitrogen and oxygen atoms in total. The van der Waals surface area contributed by atoms with E-state index in [2.05, 4.69) is 9.72 Å². The van der Waals surface area contributed by atoms with Gasteiger partial charge in [0, 0.05) is 0 Å². The molecule has 1 aromatic heterocycles. The molecule has 0 N–H and O–H groups in total. The zero-order valence-electron chi connectivity index (χ0n) is 6.08. The van der Waals surface area contributed by atoms with E-state index in [9.17, 15) is 13.6 Å². The summed E-state index contributed by atoms with van der Waals surface area (Å²) in [4.78, 5) is 14.2. The van der Waals surface area contributed by atoms with E-state index in [0.717, 1.165) is 6.20 Å². The average Bonchev–Trinajstić information content (AvgIpc) is 2.51. The average molecular weight is 193 g/mol. The van der Waals surface area contributed by atoms with Gasteiger partial charge in [-0.3, -0.25) is 0 Å². The minimum Gasteiger partial charge on any atom is -0.465 e. The lowest BCUT2D eigenvalue weighted by Gasteiger charge is -1.91. The lowest BCUT2D eigenvalue weighted by atomic mass is 10.6. The maximum absolute atomic E-state index is 11.9. The van der Waals surface area contributed by atoms with Crippen LogP contribution in [0.3, 0.4) is 0 Å². The Morgan fingerprint density at radius 1 is 1.75 bits per heavy atom. The summed E-state index contributed by atoms with van der Waals surface area (Å²) in [5, 5.41) is -0.365. The fourth-order valence-corrected chi connectivity index (χ4v) is 1.28. The summed E-state index contributed by atoms with van der Waals surface area (Å²) in [6.45, 7) is 0. The molecule has 0 unspecified atom stereocenters. The molecule has 6 heteroatoms. The first-order valence-electron chi connectivity index (χ1n) is 2.97. The van der Waals surface area contributed by atoms with Gasteiger partial charge in [0.05, 0.1) is 13.3 Å². The number of hydrogen-bond acceptors (Lipinski definition) is 4. The summed E-state index contributed by atoms with van der Waals surface area (Å²) in [5.74, 6) is -0.639. The quantitative estimate of drug-likeness (QED) is 0.673. The van der Waals surface area contributed by atoms with E-state index in [1.807, 2.05) is 0 Å². The van der Waals surface area contributed by atoms with Crippen LogP contribution in [0.4, 0.5) is 8.78 Å². The third-order valence-corrected chi connectivity index (χ3v) is 2.08. The highest BCUT2D eigenvalue weighted by molar-refractivity contribution is 7.13. The second-order valence-corrected chi connectivity index (χ2v) is 2.92. The standard InChI is InChI=1S/C6H5F2NO2S/c1-11-6(10)3-2-9-5(12-3)4(7)8/h2,4H,1H3. The van der Waals surface area contributed by atoms with Crippen molar-refractivity contribution in [2.75, 3.05) is 7.11 Å². The second-order valence-electron chi connectivity index (χ2n) is 1.86. The van der Waals surface area contributed by atoms with Crippen LogP contribution in [0.5, 0.6) is 0 Å². The molecule has 0 spiro atoms. The highest BCUT2D eigenvalue weighted by atomic mass is 32.1. The summed E-state index contributed by atoms with van der Waals surface area (Å²) >= 11 is 0.638. The number of alkyl halides is 2. The molecule has 0 saturated carbocycles. The van der Waals surface area contributed by atoms with Crippen molar-refractivity contribution in [3.8, 4) is 0 Å². The van der Waals surface area contributed by atoms with Crippen LogP contribution < -0.4 is 0 Å². The summed E-state index contributed by atoms with van der Waals surface area (Å²) < 4.78 is 28.2. The summed E-state index contributed by atoms with van der Waals surface area (Å²) in [6, 6.07) is 0. The van der Waals surface area contributed by atoms with Gasteiger partial charge in [-0.2, -0.15) is 0 Å². The Labute approximate surface area is 71.0 Å². The van der Waals surface area contributed by atoms with Gasteiger partial charge in [0.2, 0.25) is 0 Å². The zero-order chi connectivity index (χ0) is 9.14. The fraction of sp³-hybridized carbons (Fsp3) is 0.333. The van der Waals surface area contributed by atoms with Crippen molar-refractivity contribution in [3.05, 3.63) is 16.1 Å². The number of nitrogens with zero attached hydrogens (tertiary/aromatic N) is 1. The molecule has 0 aromatic carbocycles. The van der Waals surface area contributed by atoms with E-state index in [-0.39, 0.29) is 9.88 Å². The monoisotopic (exact) mass is 193 g/mol. The van der Waals surface area contributed by atoms with Crippen LogP contribution >= 0.6 is 11.3 Å². The van der Waals surface area contributed by atoms with E-state index in [1.54, 1.807) is 0 Å². The molecular weight excluding hydrogens is 188 g/mol. The van der Waals surface area contributed by atoms with Gasteiger partial charge in [0.25, 0.3) is 6.43 Å². The smallest absolute Gasteiger partial charge is 0.349 e. The molecular formula is C6H5F2NO2S. The van der Waals surface area contributed by atoms with Crippen LogP contribution in [-0.4, -0.2) is 18.1 Å². The number of carbonyl (C=O) groups excluding carboxylic acids is 1. The highest BCUT2D eigenvalue weighted by Crippen LogP contribution is 2.24. The van der Waals surface area contributed by atoms with Crippen LogP contribution in [0.25, 0.3) is 0 Å². The van der Waals surface area contributed by atoms with E-state index in [0.29, 0.717) is 11.3 Å². The number of hydrogen-bond donors (Lipinski definition) is 0. The van der Waals surface area contributed by atoms with Crippen LogP contribution in [-0.2, 0) is 4.74 Å². The Hall–Kier alpha value is -1.04. The SMILES string of the molecule is COC(=O)c1cnc(C(F)F)s1. The highest BCUT2D eigenvalue weighted by Gasteiger charge is 2.16. The lowest BCUT2D eigenvalue weighted by molar-refractivity contribution is 0.0606. The topological polar surface area (TPSA) is 39.2 Å². The number of methoxy groups -OCH3 is 1. The molecule has 12 heavy (non-hydrogen) atoms. The Morgan fingerprint density at radius 2 is 2.42 bits per heavy atom. The number of carbonyl (C=O) groups is 1. The predicted octanol–water partition coefficient (Wildman–Crippen LogP) is 1.87. The molecule has 0 bridgehead atoms. The van der Waals surface area contributed by atoms with E-state index >= 15 is 0 Å². The first kappa shape index (κ1) is 9.05. The fourth-order valence-electron chi connectivity index (χ4n) is 0.583. The molecule has 0 aliphatic rings. The molecule has 1 heterocycles. The predicted molar refractivity (Wildman–Crippen MR) is 38.4 cm³/mol. The molecule has 1 aromatic rings. The lowest BCUT2D eigenvalue weighted by Crippen LogP contribution is -1.96. The third-order valence-electron chi connectivity index (χ3n) is 1.10. The Bertz CT molecular complexity index is 287. The first-order valence-corrected chi connectivity index (χ1v) is 3.79. The molecule has 0 atom stereocenters. The van der Waals surface area contributed by atoms with Gasteiger partial charge in [-0.1, -0.05) is 0 Å². The largest absolute Gasteiger partial charge is 0.465 e. The molecule has 1 rings (SSSR count). The number of aromatic nitrogens is 1. The van der Waals surface area contributed by atoms with Gasteiger partial charge in [-0.15, -0.1) is 11.3 Å². The van der Waals surface area contributed by atoms with Crippen molar-refractivity contribution < 1.29 is 18.3 Å². The number of halogens is 2. The van der Waals surface area contributed by atoms with Crippen molar-refractivity contribution in [1.82, 2.24) is 4.98 Å². The molecule has 0 aliphatic carbocycles. The second kappa shape index (κ2) is 3.57. The number of rotatable bonds is 2. The number of esters is 1. The number of thiazole rings is 1.